The van der Waals surface area contributed by atoms with Gasteiger partial charge in [-0.2, -0.15) is 0 Å². The van der Waals surface area contributed by atoms with Gasteiger partial charge in [-0.3, -0.25) is 0 Å². The van der Waals surface area contributed by atoms with Crippen LogP contribution in [-0.2, 0) is 0 Å². The van der Waals surface area contributed by atoms with Crippen LogP contribution in [0.5, 0.6) is 5.75 Å². The molecule has 1 nitrogen and oxygen atoms in total. The third kappa shape index (κ3) is 6.30. The minimum absolute atomic E-state index is 0.124. The molecule has 2 aromatic rings. The number of fused-ring (bicyclic) bond motifs is 1. The SMILES string of the molecule is CCCC1CCC(COc2ccc3cc(C4CCC(C5CCC(CCC)CC5)CC4)sc3c2F)CC1. The third-order valence-corrected chi connectivity index (χ3v) is 11.5. The first-order valence-corrected chi connectivity index (χ1v) is 16.3. The molecule has 36 heavy (non-hydrogen) atoms. The maximum atomic E-state index is 15.4. The van der Waals surface area contributed by atoms with Crippen LogP contribution in [0.25, 0.3) is 10.1 Å². The van der Waals surface area contributed by atoms with E-state index in [1.54, 1.807) is 11.3 Å². The van der Waals surface area contributed by atoms with E-state index in [0.29, 0.717) is 24.2 Å². The van der Waals surface area contributed by atoms with Crippen molar-refractivity contribution in [2.75, 3.05) is 6.61 Å². The van der Waals surface area contributed by atoms with Gasteiger partial charge >= 0.3 is 0 Å². The molecule has 3 aliphatic rings. The van der Waals surface area contributed by atoms with Gasteiger partial charge in [0, 0.05) is 4.88 Å². The topological polar surface area (TPSA) is 9.23 Å². The summed E-state index contributed by atoms with van der Waals surface area (Å²) in [5.74, 6) is 5.37. The maximum Gasteiger partial charge on any atom is 0.182 e. The van der Waals surface area contributed by atoms with Crippen LogP contribution in [-0.4, -0.2) is 6.61 Å². The van der Waals surface area contributed by atoms with Gasteiger partial charge in [-0.1, -0.05) is 65.2 Å². The number of halogens is 1. The Morgan fingerprint density at radius 1 is 0.750 bits per heavy atom. The summed E-state index contributed by atoms with van der Waals surface area (Å²) in [7, 11) is 0. The minimum Gasteiger partial charge on any atom is -0.490 e. The number of benzene rings is 1. The summed E-state index contributed by atoms with van der Waals surface area (Å²) in [6, 6.07) is 6.25. The van der Waals surface area contributed by atoms with E-state index in [-0.39, 0.29) is 5.82 Å². The lowest BCUT2D eigenvalue weighted by molar-refractivity contribution is 0.157. The molecule has 1 heterocycles. The second-order valence-electron chi connectivity index (χ2n) is 12.6. The van der Waals surface area contributed by atoms with Crippen molar-refractivity contribution in [3.8, 4) is 5.75 Å². The Labute approximate surface area is 223 Å². The average Bonchev–Trinajstić information content (AvgIpc) is 3.36. The minimum atomic E-state index is -0.124. The quantitative estimate of drug-likeness (QED) is 0.324. The fourth-order valence-electron chi connectivity index (χ4n) is 7.92. The Morgan fingerprint density at radius 3 is 1.92 bits per heavy atom. The van der Waals surface area contributed by atoms with E-state index in [2.05, 4.69) is 26.0 Å². The molecule has 3 saturated carbocycles. The van der Waals surface area contributed by atoms with Gasteiger partial charge in [0.15, 0.2) is 11.6 Å². The fourth-order valence-corrected chi connectivity index (χ4v) is 9.18. The molecule has 1 aromatic heterocycles. The third-order valence-electron chi connectivity index (χ3n) is 10.2. The summed E-state index contributed by atoms with van der Waals surface area (Å²) in [5, 5.41) is 1.07. The molecule has 0 radical (unpaired) electrons. The summed E-state index contributed by atoms with van der Waals surface area (Å²) in [6.07, 6.45) is 21.8. The smallest absolute Gasteiger partial charge is 0.182 e. The Bertz CT molecular complexity index is 942. The Hall–Kier alpha value is -1.09. The highest BCUT2D eigenvalue weighted by molar-refractivity contribution is 7.19. The van der Waals surface area contributed by atoms with E-state index >= 15 is 4.39 Å². The highest BCUT2D eigenvalue weighted by Crippen LogP contribution is 2.47. The van der Waals surface area contributed by atoms with Crippen LogP contribution in [0.2, 0.25) is 0 Å². The van der Waals surface area contributed by atoms with E-state index in [1.165, 1.54) is 108 Å². The zero-order valence-electron chi connectivity index (χ0n) is 22.9. The summed E-state index contributed by atoms with van der Waals surface area (Å²) in [6.45, 7) is 5.29. The van der Waals surface area contributed by atoms with Gasteiger partial charge in [-0.05, 0) is 110 Å². The van der Waals surface area contributed by atoms with E-state index in [1.807, 2.05) is 6.07 Å². The number of ether oxygens (including phenoxy) is 1. The lowest BCUT2D eigenvalue weighted by atomic mass is 9.68. The molecule has 3 aliphatic carbocycles. The van der Waals surface area contributed by atoms with Gasteiger partial charge in [0.2, 0.25) is 0 Å². The Kier molecular flexibility index (Phi) is 9.31. The van der Waals surface area contributed by atoms with Gasteiger partial charge in [-0.15, -0.1) is 11.3 Å². The molecule has 200 valence electrons. The first-order chi connectivity index (χ1) is 17.6. The van der Waals surface area contributed by atoms with Crippen molar-refractivity contribution in [1.82, 2.24) is 0 Å². The molecule has 0 atom stereocenters. The highest BCUT2D eigenvalue weighted by Gasteiger charge is 2.32. The zero-order valence-corrected chi connectivity index (χ0v) is 23.7. The Morgan fingerprint density at radius 2 is 1.31 bits per heavy atom. The molecule has 0 amide bonds. The van der Waals surface area contributed by atoms with Crippen molar-refractivity contribution in [2.45, 2.75) is 122 Å². The van der Waals surface area contributed by atoms with Crippen LogP contribution in [0.3, 0.4) is 0 Å². The van der Waals surface area contributed by atoms with Crippen molar-refractivity contribution >= 4 is 21.4 Å². The number of thiophene rings is 1. The van der Waals surface area contributed by atoms with Gasteiger partial charge in [0.25, 0.3) is 0 Å². The number of rotatable bonds is 9. The molecule has 0 unspecified atom stereocenters. The van der Waals surface area contributed by atoms with Gasteiger partial charge in [-0.25, -0.2) is 4.39 Å². The van der Waals surface area contributed by atoms with E-state index in [9.17, 15) is 0 Å². The van der Waals surface area contributed by atoms with Crippen LogP contribution < -0.4 is 4.74 Å². The van der Waals surface area contributed by atoms with E-state index in [4.69, 9.17) is 4.74 Å². The number of hydrogen-bond donors (Lipinski definition) is 0. The molecule has 5 rings (SSSR count). The highest BCUT2D eigenvalue weighted by atomic mass is 32.1. The molecule has 1 aromatic carbocycles. The lowest BCUT2D eigenvalue weighted by Crippen LogP contribution is -2.25. The van der Waals surface area contributed by atoms with E-state index < -0.39 is 0 Å². The zero-order chi connectivity index (χ0) is 24.9. The van der Waals surface area contributed by atoms with Crippen LogP contribution in [0.1, 0.15) is 127 Å². The van der Waals surface area contributed by atoms with Crippen molar-refractivity contribution < 1.29 is 9.13 Å². The monoisotopic (exact) mass is 512 g/mol. The predicted molar refractivity (Wildman–Crippen MR) is 153 cm³/mol. The van der Waals surface area contributed by atoms with Crippen molar-refractivity contribution in [3.63, 3.8) is 0 Å². The molecule has 0 saturated heterocycles. The molecular weight excluding hydrogens is 463 g/mol. The Balaban J connectivity index is 1.13. The summed E-state index contributed by atoms with van der Waals surface area (Å²) >= 11 is 1.70. The molecule has 0 bridgehead atoms. The van der Waals surface area contributed by atoms with Crippen LogP contribution in [0, 0.1) is 35.4 Å². The van der Waals surface area contributed by atoms with Crippen LogP contribution >= 0.6 is 11.3 Å². The average molecular weight is 513 g/mol. The second-order valence-corrected chi connectivity index (χ2v) is 13.7. The summed E-state index contributed by atoms with van der Waals surface area (Å²) < 4.78 is 22.3. The van der Waals surface area contributed by atoms with Gasteiger partial charge < -0.3 is 4.74 Å². The molecule has 0 aliphatic heterocycles. The molecule has 0 N–H and O–H groups in total. The van der Waals surface area contributed by atoms with Crippen molar-refractivity contribution in [2.24, 2.45) is 29.6 Å². The maximum absolute atomic E-state index is 15.4. The predicted octanol–water partition coefficient (Wildman–Crippen LogP) is 10.9. The molecule has 0 spiro atoms. The molecule has 3 heteroatoms. The molecular formula is C33H49FOS. The van der Waals surface area contributed by atoms with Crippen molar-refractivity contribution in [3.05, 3.63) is 28.9 Å². The first-order valence-electron chi connectivity index (χ1n) is 15.5. The summed E-state index contributed by atoms with van der Waals surface area (Å²) in [5.41, 5.74) is 0. The standard InChI is InChI=1S/C33H49FOS/c1-3-5-23-7-9-25(10-8-23)22-35-30-20-19-29-21-31(36-33(29)32(30)34)28-17-15-27(16-18-28)26-13-11-24(6-4-2)12-14-26/h19-21,23-28H,3-18,22H2,1-2H3. The van der Waals surface area contributed by atoms with Gasteiger partial charge in [0.1, 0.15) is 0 Å². The fraction of sp³-hybridized carbons (Fsp3) is 0.758. The van der Waals surface area contributed by atoms with Gasteiger partial charge in [0.05, 0.1) is 11.3 Å². The number of hydrogen-bond acceptors (Lipinski definition) is 2. The normalized spacial score (nSPS) is 31.5. The summed E-state index contributed by atoms with van der Waals surface area (Å²) in [4.78, 5) is 1.40. The first kappa shape index (κ1) is 26.5. The van der Waals surface area contributed by atoms with Crippen LogP contribution in [0.15, 0.2) is 18.2 Å². The van der Waals surface area contributed by atoms with E-state index in [0.717, 1.165) is 33.8 Å². The van der Waals surface area contributed by atoms with Crippen LogP contribution in [0.4, 0.5) is 4.39 Å². The second kappa shape index (κ2) is 12.6. The largest absolute Gasteiger partial charge is 0.490 e. The lowest BCUT2D eigenvalue weighted by Gasteiger charge is -2.37. The molecule has 3 fully saturated rings. The van der Waals surface area contributed by atoms with Crippen molar-refractivity contribution in [1.29, 1.82) is 0 Å².